The van der Waals surface area contributed by atoms with Gasteiger partial charge in [-0.15, -0.1) is 0 Å². The highest BCUT2D eigenvalue weighted by molar-refractivity contribution is 7.92. The first kappa shape index (κ1) is 34.2. The van der Waals surface area contributed by atoms with Crippen molar-refractivity contribution in [2.75, 3.05) is 10.8 Å². The number of benzene rings is 4. The molecule has 4 aromatic rings. The van der Waals surface area contributed by atoms with E-state index >= 15 is 0 Å². The summed E-state index contributed by atoms with van der Waals surface area (Å²) in [7, 11) is -4.53. The Morgan fingerprint density at radius 1 is 0.761 bits per heavy atom. The fourth-order valence-electron chi connectivity index (χ4n) is 4.87. The number of nitrogens with one attached hydrogen (secondary N) is 1. The average molecular weight is 652 g/mol. The molecule has 4 rings (SSSR count). The average Bonchev–Trinajstić information content (AvgIpc) is 3.01. The topological polar surface area (TPSA) is 86.8 Å². The molecule has 0 saturated heterocycles. The van der Waals surface area contributed by atoms with Crippen LogP contribution in [0.5, 0.6) is 0 Å². The Bertz CT molecular complexity index is 1730. The molecule has 7 nitrogen and oxygen atoms in total. The Labute approximate surface area is 267 Å². The molecule has 11 heteroatoms. The van der Waals surface area contributed by atoms with Crippen LogP contribution in [0, 0.1) is 0 Å². The molecule has 1 N–H and O–H groups in total. The lowest BCUT2D eigenvalue weighted by Gasteiger charge is -2.35. The van der Waals surface area contributed by atoms with Gasteiger partial charge in [0.25, 0.3) is 10.0 Å². The summed E-state index contributed by atoms with van der Waals surface area (Å²) in [6.45, 7) is 4.48. The van der Waals surface area contributed by atoms with Gasteiger partial charge in [0.2, 0.25) is 11.8 Å². The van der Waals surface area contributed by atoms with Crippen LogP contribution in [0.25, 0.3) is 0 Å². The van der Waals surface area contributed by atoms with Crippen molar-refractivity contribution in [3.8, 4) is 0 Å². The van der Waals surface area contributed by atoms with Gasteiger partial charge in [0.1, 0.15) is 12.6 Å². The highest BCUT2D eigenvalue weighted by atomic mass is 32.2. The second kappa shape index (κ2) is 14.2. The van der Waals surface area contributed by atoms with E-state index in [0.29, 0.717) is 15.9 Å². The van der Waals surface area contributed by atoms with Crippen molar-refractivity contribution in [3.05, 3.63) is 132 Å². The Balaban J connectivity index is 1.84. The third-order valence-corrected chi connectivity index (χ3v) is 8.82. The molecule has 0 bridgehead atoms. The maximum absolute atomic E-state index is 14.4. The maximum Gasteiger partial charge on any atom is 0.416 e. The van der Waals surface area contributed by atoms with Gasteiger partial charge in [0, 0.05) is 18.5 Å². The number of amides is 2. The number of carbonyl (C=O) groups excluding carboxylic acids is 2. The third kappa shape index (κ3) is 8.97. The van der Waals surface area contributed by atoms with Crippen LogP contribution in [-0.2, 0) is 38.8 Å². The van der Waals surface area contributed by atoms with Crippen molar-refractivity contribution >= 4 is 27.5 Å². The number of halogens is 3. The number of rotatable bonds is 11. The fourth-order valence-corrected chi connectivity index (χ4v) is 6.30. The predicted molar refractivity (Wildman–Crippen MR) is 171 cm³/mol. The van der Waals surface area contributed by atoms with Gasteiger partial charge in [0.15, 0.2) is 0 Å². The zero-order valence-electron chi connectivity index (χ0n) is 25.7. The van der Waals surface area contributed by atoms with Crippen LogP contribution in [0.2, 0.25) is 0 Å². The molecule has 0 aliphatic rings. The number of carbonyl (C=O) groups is 2. The number of nitrogens with zero attached hydrogens (tertiary/aromatic N) is 2. The lowest BCUT2D eigenvalue weighted by molar-refractivity contribution is -0.140. The molecular formula is C35H36F3N3O4S. The summed E-state index contributed by atoms with van der Waals surface area (Å²) >= 11 is 0. The van der Waals surface area contributed by atoms with E-state index in [0.717, 1.165) is 17.7 Å². The molecule has 0 radical (unpaired) electrons. The molecule has 0 aliphatic heterocycles. The Morgan fingerprint density at radius 2 is 1.30 bits per heavy atom. The normalized spacial score (nSPS) is 12.7. The van der Waals surface area contributed by atoms with Crippen molar-refractivity contribution in [1.29, 1.82) is 0 Å². The number of sulfonamides is 1. The summed E-state index contributed by atoms with van der Waals surface area (Å²) in [6, 6.07) is 27.8. The predicted octanol–water partition coefficient (Wildman–Crippen LogP) is 6.46. The molecule has 4 aromatic carbocycles. The van der Waals surface area contributed by atoms with Crippen molar-refractivity contribution in [3.63, 3.8) is 0 Å². The molecule has 1 atom stereocenters. The summed E-state index contributed by atoms with van der Waals surface area (Å²) in [5, 5.41) is 2.94. The lowest BCUT2D eigenvalue weighted by atomic mass is 10.0. The van der Waals surface area contributed by atoms with E-state index in [2.05, 4.69) is 5.32 Å². The first-order valence-corrected chi connectivity index (χ1v) is 16.0. The van der Waals surface area contributed by atoms with Gasteiger partial charge in [-0.05, 0) is 62.2 Å². The van der Waals surface area contributed by atoms with Gasteiger partial charge in [-0.3, -0.25) is 13.9 Å². The fraction of sp³-hybridized carbons (Fsp3) is 0.257. The Morgan fingerprint density at radius 3 is 1.85 bits per heavy atom. The SMILES string of the molecule is CC(C)(C)NC(=O)C(Cc1ccccc1)N(Cc1ccccc1)C(=O)CN(c1cccc(C(F)(F)F)c1)S(=O)(=O)c1ccccc1. The largest absolute Gasteiger partial charge is 0.416 e. The quantitative estimate of drug-likeness (QED) is 0.202. The van der Waals surface area contributed by atoms with E-state index in [1.165, 1.54) is 35.2 Å². The molecule has 0 aromatic heterocycles. The minimum Gasteiger partial charge on any atom is -0.350 e. The van der Waals surface area contributed by atoms with Crippen LogP contribution in [0.15, 0.2) is 120 Å². The number of hydrogen-bond acceptors (Lipinski definition) is 4. The van der Waals surface area contributed by atoms with Gasteiger partial charge in [0.05, 0.1) is 16.1 Å². The Kier molecular flexibility index (Phi) is 10.6. The van der Waals surface area contributed by atoms with Crippen LogP contribution in [-0.4, -0.2) is 43.3 Å². The van der Waals surface area contributed by atoms with Crippen molar-refractivity contribution in [2.24, 2.45) is 0 Å². The molecule has 0 spiro atoms. The monoisotopic (exact) mass is 651 g/mol. The maximum atomic E-state index is 14.4. The molecule has 0 fully saturated rings. The van der Waals surface area contributed by atoms with Gasteiger partial charge < -0.3 is 10.2 Å². The first-order valence-electron chi connectivity index (χ1n) is 14.6. The summed E-state index contributed by atoms with van der Waals surface area (Å²) in [5.41, 5.74) is -0.638. The first-order chi connectivity index (χ1) is 21.6. The molecule has 1 unspecified atom stereocenters. The molecule has 2 amide bonds. The number of alkyl halides is 3. The Hall–Kier alpha value is -4.64. The second-order valence-electron chi connectivity index (χ2n) is 11.8. The highest BCUT2D eigenvalue weighted by Gasteiger charge is 2.37. The van der Waals surface area contributed by atoms with Gasteiger partial charge in [-0.2, -0.15) is 13.2 Å². The third-order valence-electron chi connectivity index (χ3n) is 7.04. The van der Waals surface area contributed by atoms with Gasteiger partial charge in [-0.25, -0.2) is 8.42 Å². The molecule has 242 valence electrons. The van der Waals surface area contributed by atoms with Crippen molar-refractivity contribution in [1.82, 2.24) is 10.2 Å². The van der Waals surface area contributed by atoms with E-state index in [9.17, 15) is 31.2 Å². The highest BCUT2D eigenvalue weighted by Crippen LogP contribution is 2.33. The summed E-state index contributed by atoms with van der Waals surface area (Å²) in [5.74, 6) is -1.23. The molecular weight excluding hydrogens is 615 g/mol. The smallest absolute Gasteiger partial charge is 0.350 e. The van der Waals surface area contributed by atoms with E-state index in [1.807, 2.05) is 18.2 Å². The summed E-state index contributed by atoms with van der Waals surface area (Å²) in [4.78, 5) is 29.4. The summed E-state index contributed by atoms with van der Waals surface area (Å²) < 4.78 is 69.8. The van der Waals surface area contributed by atoms with Crippen LogP contribution in [0.3, 0.4) is 0 Å². The number of anilines is 1. The minimum atomic E-state index is -4.76. The van der Waals surface area contributed by atoms with Gasteiger partial charge in [-0.1, -0.05) is 84.9 Å². The molecule has 0 saturated carbocycles. The van der Waals surface area contributed by atoms with Gasteiger partial charge >= 0.3 is 6.18 Å². The van der Waals surface area contributed by atoms with Crippen LogP contribution in [0.1, 0.15) is 37.5 Å². The zero-order valence-corrected chi connectivity index (χ0v) is 26.6. The zero-order chi connectivity index (χ0) is 33.5. The van der Waals surface area contributed by atoms with E-state index in [1.54, 1.807) is 69.3 Å². The van der Waals surface area contributed by atoms with E-state index in [-0.39, 0.29) is 23.5 Å². The van der Waals surface area contributed by atoms with E-state index < -0.39 is 51.7 Å². The standard InChI is InChI=1S/C35H36F3N3O4S/c1-34(2,3)39-33(43)31(22-26-14-7-4-8-15-26)40(24-27-16-9-5-10-17-27)32(42)25-41(46(44,45)30-20-11-6-12-21-30)29-19-13-18-28(23-29)35(36,37)38/h4-21,23,31H,22,24-25H2,1-3H3,(H,39,43). The van der Waals surface area contributed by atoms with Crippen molar-refractivity contribution in [2.45, 2.75) is 56.4 Å². The van der Waals surface area contributed by atoms with Crippen LogP contribution >= 0.6 is 0 Å². The summed E-state index contributed by atoms with van der Waals surface area (Å²) in [6.07, 6.45) is -4.65. The second-order valence-corrected chi connectivity index (χ2v) is 13.7. The van der Waals surface area contributed by atoms with E-state index in [4.69, 9.17) is 0 Å². The lowest BCUT2D eigenvalue weighted by Crippen LogP contribution is -2.56. The number of hydrogen-bond donors (Lipinski definition) is 1. The molecule has 46 heavy (non-hydrogen) atoms. The van der Waals surface area contributed by atoms with Crippen LogP contribution in [0.4, 0.5) is 18.9 Å². The molecule has 0 aliphatic carbocycles. The molecule has 0 heterocycles. The van der Waals surface area contributed by atoms with Crippen LogP contribution < -0.4 is 9.62 Å². The minimum absolute atomic E-state index is 0.0590. The van der Waals surface area contributed by atoms with Crippen molar-refractivity contribution < 1.29 is 31.2 Å².